The second-order valence-electron chi connectivity index (χ2n) is 4.47. The van der Waals surface area contributed by atoms with Gasteiger partial charge < -0.3 is 10.1 Å². The highest BCUT2D eigenvalue weighted by molar-refractivity contribution is 5.98. The van der Waals surface area contributed by atoms with E-state index < -0.39 is 0 Å². The molecule has 1 saturated carbocycles. The summed E-state index contributed by atoms with van der Waals surface area (Å²) in [4.78, 5) is 12.1. The van der Waals surface area contributed by atoms with Gasteiger partial charge in [-0.05, 0) is 12.8 Å². The van der Waals surface area contributed by atoms with Crippen molar-refractivity contribution in [2.75, 3.05) is 13.7 Å². The normalized spacial score (nSPS) is 16.4. The number of methoxy groups -OCH3 is 1. The minimum Gasteiger partial charge on any atom is -0.493 e. The maximum absolute atomic E-state index is 12.1. The lowest BCUT2D eigenvalue weighted by molar-refractivity contribution is 0.0975. The standard InChI is InChI=1S/C12H19N3O2/c1-15-12(11(17-2)8-14-15)10(16)7-13-9-5-3-4-6-9/h8-9,13H,3-7H2,1-2H3. The van der Waals surface area contributed by atoms with Crippen molar-refractivity contribution in [2.45, 2.75) is 31.7 Å². The highest BCUT2D eigenvalue weighted by Gasteiger charge is 2.20. The third-order valence-corrected chi connectivity index (χ3v) is 3.30. The van der Waals surface area contributed by atoms with Gasteiger partial charge in [-0.15, -0.1) is 0 Å². The molecule has 0 spiro atoms. The Kier molecular flexibility index (Phi) is 3.78. The van der Waals surface area contributed by atoms with Crippen LogP contribution in [-0.2, 0) is 7.05 Å². The molecule has 0 bridgehead atoms. The lowest BCUT2D eigenvalue weighted by Crippen LogP contribution is -2.32. The summed E-state index contributed by atoms with van der Waals surface area (Å²) in [7, 11) is 3.31. The molecule has 1 N–H and O–H groups in total. The first-order chi connectivity index (χ1) is 8.22. The van der Waals surface area contributed by atoms with Crippen LogP contribution in [0.4, 0.5) is 0 Å². The lowest BCUT2D eigenvalue weighted by Gasteiger charge is -2.11. The number of aryl methyl sites for hydroxylation is 1. The Morgan fingerprint density at radius 1 is 1.59 bits per heavy atom. The van der Waals surface area contributed by atoms with E-state index in [-0.39, 0.29) is 5.78 Å². The van der Waals surface area contributed by atoms with Crippen LogP contribution in [0, 0.1) is 0 Å². The van der Waals surface area contributed by atoms with Crippen LogP contribution in [0.25, 0.3) is 0 Å². The molecule has 1 aromatic rings. The molecule has 0 atom stereocenters. The van der Waals surface area contributed by atoms with Gasteiger partial charge >= 0.3 is 0 Å². The SMILES string of the molecule is COc1cnn(C)c1C(=O)CNC1CCCC1. The van der Waals surface area contributed by atoms with E-state index in [1.54, 1.807) is 25.0 Å². The van der Waals surface area contributed by atoms with Crippen LogP contribution >= 0.6 is 0 Å². The van der Waals surface area contributed by atoms with E-state index in [1.165, 1.54) is 25.7 Å². The monoisotopic (exact) mass is 237 g/mol. The van der Waals surface area contributed by atoms with Crippen LogP contribution < -0.4 is 10.1 Å². The predicted octanol–water partition coefficient (Wildman–Crippen LogP) is 1.14. The second-order valence-corrected chi connectivity index (χ2v) is 4.47. The van der Waals surface area contributed by atoms with Crippen molar-refractivity contribution in [1.82, 2.24) is 15.1 Å². The number of nitrogens with zero attached hydrogens (tertiary/aromatic N) is 2. The van der Waals surface area contributed by atoms with Gasteiger partial charge in [0.05, 0.1) is 19.9 Å². The molecule has 1 aromatic heterocycles. The first-order valence-corrected chi connectivity index (χ1v) is 6.05. The Bertz CT molecular complexity index is 394. The van der Waals surface area contributed by atoms with Crippen molar-refractivity contribution in [3.63, 3.8) is 0 Å². The molecule has 94 valence electrons. The van der Waals surface area contributed by atoms with Gasteiger partial charge in [0.1, 0.15) is 5.69 Å². The molecule has 1 aliphatic rings. The van der Waals surface area contributed by atoms with Gasteiger partial charge in [-0.2, -0.15) is 5.10 Å². The molecule has 1 heterocycles. The Balaban J connectivity index is 1.96. The molecule has 5 heteroatoms. The topological polar surface area (TPSA) is 56.2 Å². The Labute approximate surface area is 101 Å². The number of carbonyl (C=O) groups is 1. The number of carbonyl (C=O) groups excluding carboxylic acids is 1. The fraction of sp³-hybridized carbons (Fsp3) is 0.667. The quantitative estimate of drug-likeness (QED) is 0.780. The number of hydrogen-bond donors (Lipinski definition) is 1. The molecule has 1 fully saturated rings. The van der Waals surface area contributed by atoms with Crippen molar-refractivity contribution >= 4 is 5.78 Å². The van der Waals surface area contributed by atoms with E-state index in [0.717, 1.165) is 0 Å². The molecule has 0 unspecified atom stereocenters. The highest BCUT2D eigenvalue weighted by Crippen LogP contribution is 2.19. The predicted molar refractivity (Wildman–Crippen MR) is 64.3 cm³/mol. The summed E-state index contributed by atoms with van der Waals surface area (Å²) in [5.74, 6) is 0.583. The molecule has 0 aromatic carbocycles. The van der Waals surface area contributed by atoms with Gasteiger partial charge in [0.15, 0.2) is 11.5 Å². The zero-order valence-corrected chi connectivity index (χ0v) is 10.4. The van der Waals surface area contributed by atoms with Crippen LogP contribution in [0.5, 0.6) is 5.75 Å². The van der Waals surface area contributed by atoms with Gasteiger partial charge in [-0.3, -0.25) is 9.48 Å². The van der Waals surface area contributed by atoms with E-state index >= 15 is 0 Å². The largest absolute Gasteiger partial charge is 0.493 e. The number of hydrogen-bond acceptors (Lipinski definition) is 4. The van der Waals surface area contributed by atoms with Crippen molar-refractivity contribution in [1.29, 1.82) is 0 Å². The summed E-state index contributed by atoms with van der Waals surface area (Å²) in [5.41, 5.74) is 0.540. The summed E-state index contributed by atoms with van der Waals surface area (Å²) in [6, 6.07) is 0.498. The second kappa shape index (κ2) is 5.31. The fourth-order valence-corrected chi connectivity index (χ4v) is 2.34. The summed E-state index contributed by atoms with van der Waals surface area (Å²) in [5, 5.41) is 7.33. The highest BCUT2D eigenvalue weighted by atomic mass is 16.5. The van der Waals surface area contributed by atoms with Gasteiger partial charge in [0.25, 0.3) is 0 Å². The minimum atomic E-state index is 0.0359. The molecule has 2 rings (SSSR count). The smallest absolute Gasteiger partial charge is 0.198 e. The van der Waals surface area contributed by atoms with Crippen molar-refractivity contribution in [3.8, 4) is 5.75 Å². The molecule has 0 radical (unpaired) electrons. The van der Waals surface area contributed by atoms with Gasteiger partial charge in [-0.1, -0.05) is 12.8 Å². The van der Waals surface area contributed by atoms with Crippen LogP contribution in [-0.4, -0.2) is 35.3 Å². The van der Waals surface area contributed by atoms with Crippen LogP contribution in [0.15, 0.2) is 6.20 Å². The molecule has 17 heavy (non-hydrogen) atoms. The molecular formula is C12H19N3O2. The zero-order chi connectivity index (χ0) is 12.3. The first kappa shape index (κ1) is 12.1. The average Bonchev–Trinajstić information content (AvgIpc) is 2.94. The molecular weight excluding hydrogens is 218 g/mol. The average molecular weight is 237 g/mol. The van der Waals surface area contributed by atoms with E-state index in [4.69, 9.17) is 4.74 Å². The Morgan fingerprint density at radius 3 is 2.94 bits per heavy atom. The van der Waals surface area contributed by atoms with Crippen LogP contribution in [0.1, 0.15) is 36.2 Å². The van der Waals surface area contributed by atoms with E-state index in [9.17, 15) is 4.79 Å². The number of nitrogens with one attached hydrogen (secondary N) is 1. The molecule has 5 nitrogen and oxygen atoms in total. The van der Waals surface area contributed by atoms with Crippen molar-refractivity contribution in [2.24, 2.45) is 7.05 Å². The summed E-state index contributed by atoms with van der Waals surface area (Å²) in [6.07, 6.45) is 6.45. The van der Waals surface area contributed by atoms with Gasteiger partial charge in [-0.25, -0.2) is 0 Å². The molecule has 0 saturated heterocycles. The zero-order valence-electron chi connectivity index (χ0n) is 10.4. The maximum atomic E-state index is 12.1. The Hall–Kier alpha value is -1.36. The van der Waals surface area contributed by atoms with E-state index in [1.807, 2.05) is 0 Å². The van der Waals surface area contributed by atoms with Gasteiger partial charge in [0, 0.05) is 13.1 Å². The van der Waals surface area contributed by atoms with E-state index in [2.05, 4.69) is 10.4 Å². The number of ether oxygens (including phenoxy) is 1. The summed E-state index contributed by atoms with van der Waals surface area (Å²) in [6.45, 7) is 0.362. The first-order valence-electron chi connectivity index (χ1n) is 6.05. The molecule has 1 aliphatic carbocycles. The minimum absolute atomic E-state index is 0.0359. The van der Waals surface area contributed by atoms with E-state index in [0.29, 0.717) is 24.0 Å². The third kappa shape index (κ3) is 2.66. The number of ketones is 1. The lowest BCUT2D eigenvalue weighted by atomic mass is 10.2. The molecule has 0 amide bonds. The van der Waals surface area contributed by atoms with Gasteiger partial charge in [0.2, 0.25) is 0 Å². The summed E-state index contributed by atoms with van der Waals surface area (Å²) < 4.78 is 6.69. The number of rotatable bonds is 5. The van der Waals surface area contributed by atoms with Crippen molar-refractivity contribution in [3.05, 3.63) is 11.9 Å². The number of Topliss-reactive ketones (excluding diaryl/α,β-unsaturated/α-hetero) is 1. The van der Waals surface area contributed by atoms with Crippen LogP contribution in [0.3, 0.4) is 0 Å². The van der Waals surface area contributed by atoms with Crippen molar-refractivity contribution < 1.29 is 9.53 Å². The number of aromatic nitrogens is 2. The fourth-order valence-electron chi connectivity index (χ4n) is 2.34. The summed E-state index contributed by atoms with van der Waals surface area (Å²) >= 11 is 0. The maximum Gasteiger partial charge on any atom is 0.198 e. The van der Waals surface area contributed by atoms with Crippen LogP contribution in [0.2, 0.25) is 0 Å². The third-order valence-electron chi connectivity index (χ3n) is 3.30. The Morgan fingerprint density at radius 2 is 2.29 bits per heavy atom. The molecule has 0 aliphatic heterocycles.